The normalized spacial score (nSPS) is 13.9. The Labute approximate surface area is 103 Å². The molecule has 3 N–H and O–H groups in total. The van der Waals surface area contributed by atoms with Crippen molar-refractivity contribution in [3.05, 3.63) is 22.2 Å². The molecule has 0 saturated carbocycles. The lowest BCUT2D eigenvalue weighted by atomic mass is 10.2. The van der Waals surface area contributed by atoms with E-state index in [1.54, 1.807) is 0 Å². The highest BCUT2D eigenvalue weighted by Crippen LogP contribution is 2.38. The van der Waals surface area contributed by atoms with Crippen molar-refractivity contribution in [2.45, 2.75) is 6.54 Å². The van der Waals surface area contributed by atoms with Crippen LogP contribution in [-0.2, 0) is 6.54 Å². The summed E-state index contributed by atoms with van der Waals surface area (Å²) in [6.45, 7) is 3.46. The first kappa shape index (κ1) is 11.7. The standard InChI is InChI=1S/C11H15BrN2O2/c12-9-5-8(7-14-2-1-13)6-10-11(9)16-4-3-15-10/h5-6,14H,1-4,7,13H2. The molecule has 1 aromatic rings. The molecule has 0 atom stereocenters. The van der Waals surface area contributed by atoms with Crippen molar-refractivity contribution in [2.24, 2.45) is 5.73 Å². The molecule has 0 bridgehead atoms. The first-order valence-electron chi connectivity index (χ1n) is 5.30. The minimum Gasteiger partial charge on any atom is -0.486 e. The van der Waals surface area contributed by atoms with Gasteiger partial charge in [-0.1, -0.05) is 0 Å². The van der Waals surface area contributed by atoms with Crippen LogP contribution in [0.25, 0.3) is 0 Å². The number of hydrogen-bond donors (Lipinski definition) is 2. The van der Waals surface area contributed by atoms with Gasteiger partial charge in [0.2, 0.25) is 0 Å². The van der Waals surface area contributed by atoms with Gasteiger partial charge in [-0.3, -0.25) is 0 Å². The maximum atomic E-state index is 5.54. The number of benzene rings is 1. The summed E-state index contributed by atoms with van der Waals surface area (Å²) < 4.78 is 12.0. The second kappa shape index (κ2) is 5.52. The van der Waals surface area contributed by atoms with Crippen molar-refractivity contribution in [3.8, 4) is 11.5 Å². The molecule has 1 aliphatic rings. The number of nitrogens with two attached hydrogens (primary N) is 1. The lowest BCUT2D eigenvalue weighted by molar-refractivity contribution is 0.170. The highest BCUT2D eigenvalue weighted by atomic mass is 79.9. The zero-order valence-electron chi connectivity index (χ0n) is 8.96. The zero-order chi connectivity index (χ0) is 11.4. The molecule has 0 spiro atoms. The number of halogens is 1. The molecule has 0 amide bonds. The fourth-order valence-corrected chi connectivity index (χ4v) is 2.20. The number of nitrogens with one attached hydrogen (secondary N) is 1. The molecule has 0 aromatic heterocycles. The number of rotatable bonds is 4. The average molecular weight is 287 g/mol. The van der Waals surface area contributed by atoms with E-state index < -0.39 is 0 Å². The minimum atomic E-state index is 0.608. The van der Waals surface area contributed by atoms with Gasteiger partial charge in [0.1, 0.15) is 13.2 Å². The summed E-state index contributed by atoms with van der Waals surface area (Å²) in [5.74, 6) is 1.61. The van der Waals surface area contributed by atoms with E-state index >= 15 is 0 Å². The van der Waals surface area contributed by atoms with E-state index in [0.29, 0.717) is 19.8 Å². The van der Waals surface area contributed by atoms with Crippen molar-refractivity contribution >= 4 is 15.9 Å². The molecule has 0 aliphatic carbocycles. The first-order valence-corrected chi connectivity index (χ1v) is 6.09. The van der Waals surface area contributed by atoms with Gasteiger partial charge in [0, 0.05) is 19.6 Å². The van der Waals surface area contributed by atoms with Crippen LogP contribution in [0.3, 0.4) is 0 Å². The Morgan fingerprint density at radius 2 is 2.12 bits per heavy atom. The molecule has 1 aliphatic heterocycles. The largest absolute Gasteiger partial charge is 0.486 e. The van der Waals surface area contributed by atoms with Crippen LogP contribution in [0.4, 0.5) is 0 Å². The second-order valence-corrected chi connectivity index (χ2v) is 4.42. The molecule has 4 nitrogen and oxygen atoms in total. The van der Waals surface area contributed by atoms with Gasteiger partial charge in [0.05, 0.1) is 4.47 Å². The van der Waals surface area contributed by atoms with E-state index in [4.69, 9.17) is 15.2 Å². The van der Waals surface area contributed by atoms with Crippen LogP contribution in [0.2, 0.25) is 0 Å². The van der Waals surface area contributed by atoms with E-state index in [-0.39, 0.29) is 0 Å². The van der Waals surface area contributed by atoms with E-state index in [1.165, 1.54) is 0 Å². The second-order valence-electron chi connectivity index (χ2n) is 3.57. The molecule has 0 unspecified atom stereocenters. The van der Waals surface area contributed by atoms with Crippen molar-refractivity contribution in [3.63, 3.8) is 0 Å². The molecular weight excluding hydrogens is 272 g/mol. The van der Waals surface area contributed by atoms with Crippen molar-refractivity contribution in [2.75, 3.05) is 26.3 Å². The van der Waals surface area contributed by atoms with Gasteiger partial charge >= 0.3 is 0 Å². The monoisotopic (exact) mass is 286 g/mol. The third-order valence-electron chi connectivity index (χ3n) is 2.31. The lowest BCUT2D eigenvalue weighted by Gasteiger charge is -2.20. The number of fused-ring (bicyclic) bond motifs is 1. The Morgan fingerprint density at radius 3 is 2.94 bits per heavy atom. The van der Waals surface area contributed by atoms with Crippen LogP contribution >= 0.6 is 15.9 Å². The van der Waals surface area contributed by atoms with Crippen molar-refractivity contribution in [1.82, 2.24) is 5.32 Å². The summed E-state index contributed by atoms with van der Waals surface area (Å²) in [6.07, 6.45) is 0. The Kier molecular flexibility index (Phi) is 4.04. The van der Waals surface area contributed by atoms with E-state index in [1.807, 2.05) is 12.1 Å². The molecule has 1 heterocycles. The highest BCUT2D eigenvalue weighted by molar-refractivity contribution is 9.10. The topological polar surface area (TPSA) is 56.5 Å². The quantitative estimate of drug-likeness (QED) is 0.819. The molecule has 88 valence electrons. The molecule has 16 heavy (non-hydrogen) atoms. The van der Waals surface area contributed by atoms with Gasteiger partial charge in [-0.25, -0.2) is 0 Å². The van der Waals surface area contributed by atoms with Gasteiger partial charge in [0.15, 0.2) is 11.5 Å². The number of hydrogen-bond acceptors (Lipinski definition) is 4. The summed E-state index contributed by atoms with van der Waals surface area (Å²) in [5.41, 5.74) is 6.57. The predicted octanol–water partition coefficient (Wildman–Crippen LogP) is 1.27. The van der Waals surface area contributed by atoms with Gasteiger partial charge in [-0.2, -0.15) is 0 Å². The third-order valence-corrected chi connectivity index (χ3v) is 2.90. The van der Waals surface area contributed by atoms with Gasteiger partial charge in [-0.15, -0.1) is 0 Å². The molecule has 2 rings (SSSR count). The molecule has 0 saturated heterocycles. The Hall–Kier alpha value is -0.780. The van der Waals surface area contributed by atoms with Gasteiger partial charge < -0.3 is 20.5 Å². The third kappa shape index (κ3) is 2.66. The summed E-state index contributed by atoms with van der Waals surface area (Å²) in [7, 11) is 0. The Morgan fingerprint density at radius 1 is 1.31 bits per heavy atom. The van der Waals surface area contributed by atoms with Crippen LogP contribution in [-0.4, -0.2) is 26.3 Å². The smallest absolute Gasteiger partial charge is 0.175 e. The van der Waals surface area contributed by atoms with Crippen LogP contribution < -0.4 is 20.5 Å². The van der Waals surface area contributed by atoms with Gasteiger partial charge in [-0.05, 0) is 33.6 Å². The predicted molar refractivity (Wildman–Crippen MR) is 65.9 cm³/mol. The first-order chi connectivity index (χ1) is 7.81. The van der Waals surface area contributed by atoms with Crippen LogP contribution in [0.1, 0.15) is 5.56 Å². The van der Waals surface area contributed by atoms with Crippen molar-refractivity contribution in [1.29, 1.82) is 0 Å². The maximum Gasteiger partial charge on any atom is 0.175 e. The van der Waals surface area contributed by atoms with E-state index in [2.05, 4.69) is 21.2 Å². The van der Waals surface area contributed by atoms with Crippen LogP contribution in [0, 0.1) is 0 Å². The number of ether oxygens (including phenoxy) is 2. The maximum absolute atomic E-state index is 5.54. The Bertz CT molecular complexity index is 371. The summed E-state index contributed by atoms with van der Waals surface area (Å²) in [4.78, 5) is 0. The van der Waals surface area contributed by atoms with Crippen molar-refractivity contribution < 1.29 is 9.47 Å². The zero-order valence-corrected chi connectivity index (χ0v) is 10.5. The van der Waals surface area contributed by atoms with Crippen LogP contribution in [0.5, 0.6) is 11.5 Å². The fourth-order valence-electron chi connectivity index (χ4n) is 1.60. The molecule has 1 aromatic carbocycles. The lowest BCUT2D eigenvalue weighted by Crippen LogP contribution is -2.22. The van der Waals surface area contributed by atoms with E-state index in [9.17, 15) is 0 Å². The molecule has 0 fully saturated rings. The molecular formula is C11H15BrN2O2. The average Bonchev–Trinajstić information content (AvgIpc) is 2.30. The summed E-state index contributed by atoms with van der Waals surface area (Å²) >= 11 is 3.48. The molecule has 0 radical (unpaired) electrons. The van der Waals surface area contributed by atoms with Gasteiger partial charge in [0.25, 0.3) is 0 Å². The molecule has 5 heteroatoms. The minimum absolute atomic E-state index is 0.608. The SMILES string of the molecule is NCCNCc1cc(Br)c2c(c1)OCCO2. The fraction of sp³-hybridized carbons (Fsp3) is 0.455. The highest BCUT2D eigenvalue weighted by Gasteiger charge is 2.15. The van der Waals surface area contributed by atoms with Crippen LogP contribution in [0.15, 0.2) is 16.6 Å². The van der Waals surface area contributed by atoms with E-state index in [0.717, 1.165) is 34.6 Å². The Balaban J connectivity index is 2.12. The summed E-state index contributed by atoms with van der Waals surface area (Å²) in [5, 5.41) is 3.24. The summed E-state index contributed by atoms with van der Waals surface area (Å²) in [6, 6.07) is 4.04.